The third-order valence-corrected chi connectivity index (χ3v) is 10.9. The van der Waals surface area contributed by atoms with Crippen LogP contribution < -0.4 is 11.1 Å². The summed E-state index contributed by atoms with van der Waals surface area (Å²) in [5, 5.41) is 25.1. The zero-order chi connectivity index (χ0) is 27.0. The van der Waals surface area contributed by atoms with Crippen molar-refractivity contribution in [3.05, 3.63) is 108 Å². The summed E-state index contributed by atoms with van der Waals surface area (Å²) < 4.78 is 0. The van der Waals surface area contributed by atoms with Crippen LogP contribution in [0, 0.1) is 0 Å². The summed E-state index contributed by atoms with van der Waals surface area (Å²) >= 11 is 0. The summed E-state index contributed by atoms with van der Waals surface area (Å²) in [6.45, 7) is 0.895. The smallest absolute Gasteiger partial charge is 0.0654 e. The number of aliphatic hydroxyl groups is 2. The molecule has 3 aromatic carbocycles. The minimum Gasteiger partial charge on any atom is -0.392 e. The summed E-state index contributed by atoms with van der Waals surface area (Å²) in [7, 11) is 0. The van der Waals surface area contributed by atoms with Gasteiger partial charge in [-0.05, 0) is 80.9 Å². The highest BCUT2D eigenvalue weighted by Crippen LogP contribution is 2.54. The van der Waals surface area contributed by atoms with Crippen molar-refractivity contribution >= 4 is 0 Å². The quantitative estimate of drug-likeness (QED) is 0.343. The van der Waals surface area contributed by atoms with E-state index in [1.807, 2.05) is 6.07 Å². The average molecular weight is 525 g/mol. The lowest BCUT2D eigenvalue weighted by molar-refractivity contribution is -0.0503. The van der Waals surface area contributed by atoms with E-state index in [2.05, 4.69) is 90.2 Å². The normalized spacial score (nSPS) is 36.7. The van der Waals surface area contributed by atoms with Crippen LogP contribution in [0.2, 0.25) is 0 Å². The number of fused-ring (bicyclic) bond motifs is 6. The largest absolute Gasteiger partial charge is 0.392 e. The first-order valence-electron chi connectivity index (χ1n) is 14.9. The molecule has 0 aliphatic heterocycles. The molecule has 5 N–H and O–H groups in total. The molecule has 2 unspecified atom stereocenters. The van der Waals surface area contributed by atoms with E-state index in [0.717, 1.165) is 70.8 Å². The molecule has 6 aliphatic carbocycles. The van der Waals surface area contributed by atoms with Crippen LogP contribution >= 0.6 is 0 Å². The number of nitrogens with two attached hydrogens (primary N) is 1. The first-order chi connectivity index (χ1) is 18.9. The first kappa shape index (κ1) is 26.7. The van der Waals surface area contributed by atoms with E-state index in [1.54, 1.807) is 0 Å². The fourth-order valence-electron chi connectivity index (χ4n) is 8.23. The van der Waals surface area contributed by atoms with E-state index >= 15 is 0 Å². The van der Waals surface area contributed by atoms with Crippen LogP contribution in [0.15, 0.2) is 91.0 Å². The first-order valence-corrected chi connectivity index (χ1v) is 14.9. The van der Waals surface area contributed by atoms with Gasteiger partial charge in [0.15, 0.2) is 0 Å². The van der Waals surface area contributed by atoms with Gasteiger partial charge < -0.3 is 21.3 Å². The van der Waals surface area contributed by atoms with Crippen molar-refractivity contribution < 1.29 is 10.2 Å². The van der Waals surface area contributed by atoms with Gasteiger partial charge in [-0.25, -0.2) is 0 Å². The Morgan fingerprint density at radius 1 is 0.590 bits per heavy atom. The van der Waals surface area contributed by atoms with Crippen LogP contribution in [0.1, 0.15) is 80.9 Å². The van der Waals surface area contributed by atoms with Gasteiger partial charge in [0.1, 0.15) is 0 Å². The minimum absolute atomic E-state index is 0.0115. The van der Waals surface area contributed by atoms with E-state index in [1.165, 1.54) is 16.7 Å². The second kappa shape index (κ2) is 10.5. The van der Waals surface area contributed by atoms with Crippen molar-refractivity contribution in [2.75, 3.05) is 0 Å². The number of rotatable bonds is 5. The number of aliphatic hydroxyl groups excluding tert-OH is 2. The predicted molar refractivity (Wildman–Crippen MR) is 157 cm³/mol. The third-order valence-electron chi connectivity index (χ3n) is 10.9. The molecule has 6 saturated carbocycles. The molecule has 3 aromatic rings. The molecule has 0 radical (unpaired) electrons. The molecule has 6 fully saturated rings. The average Bonchev–Trinajstić information content (AvgIpc) is 2.99. The number of hydrogen-bond donors (Lipinski definition) is 4. The lowest BCUT2D eigenvalue weighted by Gasteiger charge is -2.57. The zero-order valence-electron chi connectivity index (χ0n) is 23.1. The van der Waals surface area contributed by atoms with Gasteiger partial charge in [-0.15, -0.1) is 0 Å². The topological polar surface area (TPSA) is 78.5 Å². The van der Waals surface area contributed by atoms with E-state index in [4.69, 9.17) is 5.73 Å². The summed E-state index contributed by atoms with van der Waals surface area (Å²) in [4.78, 5) is 0. The van der Waals surface area contributed by atoms with Gasteiger partial charge >= 0.3 is 0 Å². The molecule has 4 nitrogen and oxygen atoms in total. The predicted octanol–water partition coefficient (Wildman–Crippen LogP) is 5.75. The number of hydrogen-bond acceptors (Lipinski definition) is 4. The highest BCUT2D eigenvalue weighted by atomic mass is 16.3. The molecular weight excluding hydrogens is 480 g/mol. The molecule has 6 aliphatic rings. The van der Waals surface area contributed by atoms with Crippen LogP contribution in [0.4, 0.5) is 0 Å². The second-order valence-electron chi connectivity index (χ2n) is 13.0. The standard InChI is InChI=1S/C21H25NO.C14H19NO/c23-19-15-20(22-16-17-7-3-1-4-8-17)11-13-21(19,14-12-20)18-9-5-2-6-10-18;15-13-6-8-14(9-7-13,12(16)10-13)11-4-2-1-3-5-11/h1-10,19,22-23H,11-16H2;1-5,12,16H,6-10,15H2. The molecule has 0 amide bonds. The molecule has 0 saturated heterocycles. The Labute approximate surface area is 233 Å². The highest BCUT2D eigenvalue weighted by Gasteiger charge is 2.55. The summed E-state index contributed by atoms with van der Waals surface area (Å²) in [5.41, 5.74) is 10.2. The van der Waals surface area contributed by atoms with Gasteiger partial charge in [-0.2, -0.15) is 0 Å². The van der Waals surface area contributed by atoms with E-state index < -0.39 is 0 Å². The fraction of sp³-hybridized carbons (Fsp3) is 0.486. The Hall–Kier alpha value is -2.50. The summed E-state index contributed by atoms with van der Waals surface area (Å²) in [6, 6.07) is 31.7. The van der Waals surface area contributed by atoms with Crippen LogP contribution in [0.5, 0.6) is 0 Å². The molecule has 39 heavy (non-hydrogen) atoms. The molecule has 2 atom stereocenters. The van der Waals surface area contributed by atoms with Crippen molar-refractivity contribution in [3.63, 3.8) is 0 Å². The van der Waals surface area contributed by atoms with Gasteiger partial charge in [0.25, 0.3) is 0 Å². The Kier molecular flexibility index (Phi) is 7.18. The van der Waals surface area contributed by atoms with E-state index in [0.29, 0.717) is 0 Å². The molecular formula is C35H44N2O2. The van der Waals surface area contributed by atoms with Crippen molar-refractivity contribution in [2.24, 2.45) is 5.73 Å². The minimum atomic E-state index is -0.262. The molecule has 9 rings (SSSR count). The lowest BCUT2D eigenvalue weighted by atomic mass is 9.53. The fourth-order valence-corrected chi connectivity index (χ4v) is 8.23. The Morgan fingerprint density at radius 3 is 1.49 bits per heavy atom. The molecule has 0 aromatic heterocycles. The second-order valence-corrected chi connectivity index (χ2v) is 13.0. The van der Waals surface area contributed by atoms with E-state index in [9.17, 15) is 10.2 Å². The van der Waals surface area contributed by atoms with Crippen molar-refractivity contribution in [2.45, 2.75) is 105 Å². The maximum Gasteiger partial charge on any atom is 0.0654 e. The maximum absolute atomic E-state index is 10.9. The molecule has 4 heteroatoms. The van der Waals surface area contributed by atoms with Crippen LogP contribution in [-0.4, -0.2) is 33.5 Å². The molecule has 0 heterocycles. The van der Waals surface area contributed by atoms with Crippen LogP contribution in [-0.2, 0) is 17.4 Å². The molecule has 4 bridgehead atoms. The third kappa shape index (κ3) is 4.97. The maximum atomic E-state index is 10.9. The Morgan fingerprint density at radius 2 is 1.03 bits per heavy atom. The van der Waals surface area contributed by atoms with Gasteiger partial charge in [-0.3, -0.25) is 0 Å². The monoisotopic (exact) mass is 524 g/mol. The van der Waals surface area contributed by atoms with Gasteiger partial charge in [0, 0.05) is 28.5 Å². The van der Waals surface area contributed by atoms with Crippen LogP contribution in [0.25, 0.3) is 0 Å². The van der Waals surface area contributed by atoms with Crippen molar-refractivity contribution in [1.29, 1.82) is 0 Å². The highest BCUT2D eigenvalue weighted by molar-refractivity contribution is 5.33. The van der Waals surface area contributed by atoms with Crippen molar-refractivity contribution in [3.8, 4) is 0 Å². The summed E-state index contributed by atoms with van der Waals surface area (Å²) in [5.74, 6) is 0. The summed E-state index contributed by atoms with van der Waals surface area (Å²) in [6.07, 6.45) is 9.80. The van der Waals surface area contributed by atoms with Crippen molar-refractivity contribution in [1.82, 2.24) is 5.32 Å². The Balaban J connectivity index is 0.000000151. The molecule has 0 spiro atoms. The number of benzene rings is 3. The lowest BCUT2D eigenvalue weighted by Crippen LogP contribution is -2.62. The zero-order valence-corrected chi connectivity index (χ0v) is 23.1. The van der Waals surface area contributed by atoms with Gasteiger partial charge in [0.05, 0.1) is 12.2 Å². The number of nitrogens with one attached hydrogen (secondary N) is 1. The van der Waals surface area contributed by atoms with Gasteiger partial charge in [-0.1, -0.05) is 91.0 Å². The Bertz CT molecular complexity index is 1210. The molecule has 206 valence electrons. The van der Waals surface area contributed by atoms with E-state index in [-0.39, 0.29) is 34.1 Å². The van der Waals surface area contributed by atoms with Gasteiger partial charge in [0.2, 0.25) is 0 Å². The SMILES string of the molecule is NC12CCC(c3ccccc3)(CC1)C(O)C2.OC1CC2(NCc3ccccc3)CCC1(c1ccccc1)CC2. The van der Waals surface area contributed by atoms with Crippen LogP contribution in [0.3, 0.4) is 0 Å².